The molecule has 1 fully saturated rings. The number of alkyl halides is 1. The monoisotopic (exact) mass is 367 g/mol. The van der Waals surface area contributed by atoms with E-state index in [2.05, 4.69) is 70.0 Å². The van der Waals surface area contributed by atoms with Crippen LogP contribution in [0.5, 0.6) is 0 Å². The van der Waals surface area contributed by atoms with Gasteiger partial charge in [-0.05, 0) is 17.5 Å². The van der Waals surface area contributed by atoms with Crippen molar-refractivity contribution < 1.29 is 9.06 Å². The smallest absolute Gasteiger partial charge is 0.171 e. The minimum atomic E-state index is 1.17. The van der Waals surface area contributed by atoms with Gasteiger partial charge in [-0.25, -0.2) is 4.58 Å². The Labute approximate surface area is 144 Å². The van der Waals surface area contributed by atoms with Crippen molar-refractivity contribution in [1.29, 1.82) is 0 Å². The molecule has 0 radical (unpaired) electrons. The van der Waals surface area contributed by atoms with Crippen molar-refractivity contribution in [3.8, 4) is 0 Å². The molecule has 2 heterocycles. The van der Waals surface area contributed by atoms with Crippen molar-refractivity contribution in [2.45, 2.75) is 6.42 Å². The normalized spacial score (nSPS) is 20.5. The fourth-order valence-electron chi connectivity index (χ4n) is 3.13. The van der Waals surface area contributed by atoms with Gasteiger partial charge in [0.1, 0.15) is 6.54 Å². The Hall–Kier alpha value is -0.710. The molecule has 0 N–H and O–H groups in total. The molecular formula is C18H30BrN3+2. The quantitative estimate of drug-likeness (QED) is 0.450. The first-order chi connectivity index (χ1) is 10.6. The fourth-order valence-corrected chi connectivity index (χ4v) is 3.13. The van der Waals surface area contributed by atoms with Crippen LogP contribution < -0.4 is 0 Å². The molecule has 2 aliphatic rings. The van der Waals surface area contributed by atoms with Gasteiger partial charge in [-0.3, -0.25) is 4.90 Å². The first kappa shape index (κ1) is 17.6. The Kier molecular flexibility index (Phi) is 6.60. The van der Waals surface area contributed by atoms with Crippen LogP contribution in [-0.4, -0.2) is 85.9 Å². The minimum Gasteiger partial charge on any atom is -0.326 e. The van der Waals surface area contributed by atoms with Crippen molar-refractivity contribution in [3.63, 3.8) is 0 Å². The Bertz CT molecular complexity index is 501. The van der Waals surface area contributed by atoms with Gasteiger partial charge in [0, 0.05) is 25.1 Å². The maximum absolute atomic E-state index is 2.94. The van der Waals surface area contributed by atoms with E-state index in [-0.39, 0.29) is 0 Å². The standard InChI is InChI=1S/C17H27N3.CH3Br/c1-20(2)13-11-18(12-14-20)9-10-19-8-7-16-5-3-4-6-17(16)15-19;1-2/h3-6,15H,7-14H2,1-2H3;1H3/q+2;. The van der Waals surface area contributed by atoms with Gasteiger partial charge in [-0.15, -0.1) is 0 Å². The van der Waals surface area contributed by atoms with Crippen molar-refractivity contribution in [1.82, 2.24) is 4.90 Å². The summed E-state index contributed by atoms with van der Waals surface area (Å²) < 4.78 is 3.68. The Morgan fingerprint density at radius 3 is 2.55 bits per heavy atom. The van der Waals surface area contributed by atoms with Crippen molar-refractivity contribution >= 4 is 22.1 Å². The number of hydrogen-bond acceptors (Lipinski definition) is 1. The fraction of sp³-hybridized carbons (Fsp3) is 0.611. The number of likely N-dealkylation sites (N-methyl/N-ethyl adjacent to an activating group) is 1. The lowest BCUT2D eigenvalue weighted by atomic mass is 10.0. The Morgan fingerprint density at radius 1 is 1.14 bits per heavy atom. The van der Waals surface area contributed by atoms with Crippen molar-refractivity contribution in [2.24, 2.45) is 0 Å². The summed E-state index contributed by atoms with van der Waals surface area (Å²) in [5.74, 6) is 1.81. The van der Waals surface area contributed by atoms with E-state index in [1.807, 2.05) is 5.83 Å². The lowest BCUT2D eigenvalue weighted by molar-refractivity contribution is -0.894. The molecule has 0 saturated carbocycles. The zero-order valence-corrected chi connectivity index (χ0v) is 15.8. The van der Waals surface area contributed by atoms with Gasteiger partial charge < -0.3 is 4.48 Å². The van der Waals surface area contributed by atoms with Gasteiger partial charge in [0.25, 0.3) is 0 Å². The van der Waals surface area contributed by atoms with Crippen LogP contribution in [0.4, 0.5) is 0 Å². The number of piperazine rings is 1. The average molecular weight is 368 g/mol. The summed E-state index contributed by atoms with van der Waals surface area (Å²) in [7, 11) is 4.68. The van der Waals surface area contributed by atoms with Crippen LogP contribution in [0, 0.1) is 0 Å². The second kappa shape index (κ2) is 8.23. The van der Waals surface area contributed by atoms with Crippen molar-refractivity contribution in [3.05, 3.63) is 35.4 Å². The molecule has 0 amide bonds. The topological polar surface area (TPSA) is 6.25 Å². The molecule has 0 spiro atoms. The highest BCUT2D eigenvalue weighted by Crippen LogP contribution is 2.11. The summed E-state index contributed by atoms with van der Waals surface area (Å²) in [4.78, 5) is 2.62. The number of rotatable bonds is 3. The summed E-state index contributed by atoms with van der Waals surface area (Å²) in [6.07, 6.45) is 3.54. The number of fused-ring (bicyclic) bond motifs is 1. The molecule has 0 aliphatic carbocycles. The third-order valence-electron chi connectivity index (χ3n) is 4.79. The van der Waals surface area contributed by atoms with E-state index in [1.165, 1.54) is 67.8 Å². The lowest BCUT2D eigenvalue weighted by Gasteiger charge is -2.38. The lowest BCUT2D eigenvalue weighted by Crippen LogP contribution is -2.55. The number of hydrogen-bond donors (Lipinski definition) is 0. The summed E-state index contributed by atoms with van der Waals surface area (Å²) in [5, 5.41) is 0. The summed E-state index contributed by atoms with van der Waals surface area (Å²) in [5.41, 5.74) is 2.91. The van der Waals surface area contributed by atoms with E-state index >= 15 is 0 Å². The predicted molar refractivity (Wildman–Crippen MR) is 98.4 cm³/mol. The van der Waals surface area contributed by atoms with Crippen LogP contribution in [-0.2, 0) is 6.42 Å². The number of quaternary nitrogens is 1. The van der Waals surface area contributed by atoms with E-state index < -0.39 is 0 Å². The van der Waals surface area contributed by atoms with Crippen LogP contribution in [0.2, 0.25) is 0 Å². The van der Waals surface area contributed by atoms with Crippen LogP contribution >= 0.6 is 15.9 Å². The SMILES string of the molecule is CBr.C[N+]1(C)CCN(CC[N+]2=Cc3ccccc3CC2)CC1. The van der Waals surface area contributed by atoms with E-state index in [4.69, 9.17) is 0 Å². The van der Waals surface area contributed by atoms with Crippen molar-refractivity contribution in [2.75, 3.05) is 65.7 Å². The third kappa shape index (κ3) is 4.90. The molecule has 0 aromatic heterocycles. The van der Waals surface area contributed by atoms with Crippen LogP contribution in [0.15, 0.2) is 24.3 Å². The molecule has 4 heteroatoms. The highest BCUT2D eigenvalue weighted by molar-refractivity contribution is 9.08. The van der Waals surface area contributed by atoms with Crippen LogP contribution in [0.3, 0.4) is 0 Å². The van der Waals surface area contributed by atoms with E-state index in [9.17, 15) is 0 Å². The molecule has 0 unspecified atom stereocenters. The van der Waals surface area contributed by atoms with E-state index in [1.54, 1.807) is 0 Å². The van der Waals surface area contributed by atoms with Gasteiger partial charge in [0.15, 0.2) is 12.8 Å². The molecule has 3 nitrogen and oxygen atoms in total. The number of halogens is 1. The first-order valence-corrected chi connectivity index (χ1v) is 9.80. The van der Waals surface area contributed by atoms with E-state index in [0.717, 1.165) is 0 Å². The molecule has 122 valence electrons. The summed E-state index contributed by atoms with van der Waals surface area (Å²) >= 11 is 2.94. The van der Waals surface area contributed by atoms with E-state index in [0.29, 0.717) is 0 Å². The maximum Gasteiger partial charge on any atom is 0.171 e. The van der Waals surface area contributed by atoms with Gasteiger partial charge >= 0.3 is 0 Å². The minimum absolute atomic E-state index is 1.17. The predicted octanol–water partition coefficient (Wildman–Crippen LogP) is 2.08. The number of nitrogens with zero attached hydrogens (tertiary/aromatic N) is 3. The second-order valence-electron chi connectivity index (χ2n) is 6.84. The van der Waals surface area contributed by atoms with Gasteiger partial charge in [-0.2, -0.15) is 0 Å². The second-order valence-corrected chi connectivity index (χ2v) is 6.84. The molecular weight excluding hydrogens is 338 g/mol. The largest absolute Gasteiger partial charge is 0.326 e. The Morgan fingerprint density at radius 2 is 1.82 bits per heavy atom. The molecule has 3 rings (SSSR count). The third-order valence-corrected chi connectivity index (χ3v) is 4.79. The molecule has 1 aromatic rings. The zero-order chi connectivity index (χ0) is 16.0. The molecule has 1 aromatic carbocycles. The maximum atomic E-state index is 2.94. The summed E-state index contributed by atoms with van der Waals surface area (Å²) in [6, 6.07) is 8.79. The molecule has 2 aliphatic heterocycles. The van der Waals surface area contributed by atoms with Crippen LogP contribution in [0.25, 0.3) is 0 Å². The zero-order valence-electron chi connectivity index (χ0n) is 14.3. The Balaban J connectivity index is 0.000000847. The first-order valence-electron chi connectivity index (χ1n) is 8.21. The van der Waals surface area contributed by atoms with Crippen LogP contribution in [0.1, 0.15) is 11.1 Å². The molecule has 22 heavy (non-hydrogen) atoms. The van der Waals surface area contributed by atoms with Gasteiger partial charge in [0.05, 0.1) is 33.7 Å². The highest BCUT2D eigenvalue weighted by Gasteiger charge is 2.25. The summed E-state index contributed by atoms with van der Waals surface area (Å²) in [6.45, 7) is 8.61. The van der Waals surface area contributed by atoms with Gasteiger partial charge in [-0.1, -0.05) is 34.1 Å². The highest BCUT2D eigenvalue weighted by atomic mass is 79.9. The molecule has 0 atom stereocenters. The number of benzene rings is 1. The molecule has 1 saturated heterocycles. The molecule has 0 bridgehead atoms. The van der Waals surface area contributed by atoms with Gasteiger partial charge in [0.2, 0.25) is 0 Å². The average Bonchev–Trinajstić information content (AvgIpc) is 2.55.